The van der Waals surface area contributed by atoms with Crippen LogP contribution in [0.3, 0.4) is 0 Å². The Labute approximate surface area is 150 Å². The van der Waals surface area contributed by atoms with E-state index >= 15 is 0 Å². The van der Waals surface area contributed by atoms with Gasteiger partial charge in [0.05, 0.1) is 31.5 Å². The summed E-state index contributed by atoms with van der Waals surface area (Å²) in [7, 11) is -1.16. The molecule has 9 heteroatoms. The van der Waals surface area contributed by atoms with Crippen LogP contribution in [0.1, 0.15) is 36.3 Å². The number of ether oxygens (including phenoxy) is 2. The van der Waals surface area contributed by atoms with Crippen molar-refractivity contribution in [3.8, 4) is 17.7 Å². The molecule has 1 atom stereocenters. The van der Waals surface area contributed by atoms with Crippen molar-refractivity contribution in [1.29, 1.82) is 5.26 Å². The highest BCUT2D eigenvalue weighted by Crippen LogP contribution is 2.33. The Balaban J connectivity index is 1.86. The van der Waals surface area contributed by atoms with Crippen molar-refractivity contribution in [1.82, 2.24) is 9.97 Å². The normalized spacial score (nSPS) is 15.3. The molecule has 1 aliphatic heterocycles. The first kappa shape index (κ1) is 17.9. The van der Waals surface area contributed by atoms with Gasteiger partial charge in [-0.15, -0.1) is 0 Å². The van der Waals surface area contributed by atoms with Gasteiger partial charge in [-0.1, -0.05) is 0 Å². The minimum atomic E-state index is -1.16. The molecule has 0 saturated heterocycles. The van der Waals surface area contributed by atoms with Crippen LogP contribution in [-0.2, 0) is 14.2 Å². The molecular weight excluding hydrogens is 337 g/mol. The van der Waals surface area contributed by atoms with Crippen molar-refractivity contribution in [3.63, 3.8) is 0 Å². The summed E-state index contributed by atoms with van der Waals surface area (Å²) in [6.45, 7) is 3.85. The molecule has 1 N–H and O–H groups in total. The second-order valence-electron chi connectivity index (χ2n) is 5.69. The number of nitriles is 1. The number of hydrogen-bond acceptors (Lipinski definition) is 8. The van der Waals surface area contributed by atoms with E-state index in [-0.39, 0.29) is 30.6 Å². The van der Waals surface area contributed by atoms with Crippen LogP contribution in [0.2, 0.25) is 0 Å². The Morgan fingerprint density at radius 1 is 1.46 bits per heavy atom. The predicted octanol–water partition coefficient (Wildman–Crippen LogP) is 1.16. The Morgan fingerprint density at radius 2 is 2.27 bits per heavy atom. The van der Waals surface area contributed by atoms with Gasteiger partial charge in [0.15, 0.2) is 5.69 Å². The fraction of sp³-hybridized carbons (Fsp3) is 0.294. The monoisotopic (exact) mass is 353 g/mol. The van der Waals surface area contributed by atoms with Crippen LogP contribution in [0, 0.1) is 18.3 Å². The highest BCUT2D eigenvalue weighted by Gasteiger charge is 2.38. The number of carbonyl (C=O) groups is 1. The third kappa shape index (κ3) is 3.66. The molecular formula is C17H16BN3O5. The zero-order chi connectivity index (χ0) is 18.7. The first-order valence-corrected chi connectivity index (χ1v) is 8.05. The molecule has 0 saturated carbocycles. The van der Waals surface area contributed by atoms with Crippen molar-refractivity contribution in [2.45, 2.75) is 26.4 Å². The van der Waals surface area contributed by atoms with Gasteiger partial charge < -0.3 is 19.2 Å². The molecule has 0 radical (unpaired) electrons. The lowest BCUT2D eigenvalue weighted by atomic mass is 9.77. The van der Waals surface area contributed by atoms with Crippen molar-refractivity contribution in [2.24, 2.45) is 0 Å². The molecule has 1 aromatic heterocycles. The predicted molar refractivity (Wildman–Crippen MR) is 90.7 cm³/mol. The van der Waals surface area contributed by atoms with Crippen LogP contribution in [0.15, 0.2) is 24.5 Å². The smallest absolute Gasteiger partial charge is 0.466 e. The summed E-state index contributed by atoms with van der Waals surface area (Å²) in [6.07, 6.45) is 2.17. The zero-order valence-corrected chi connectivity index (χ0v) is 14.3. The maximum atomic E-state index is 11.7. The summed E-state index contributed by atoms with van der Waals surface area (Å²) >= 11 is 0. The zero-order valence-electron chi connectivity index (χ0n) is 14.3. The molecule has 8 nitrogen and oxygen atoms in total. The number of benzene rings is 1. The molecule has 0 fully saturated rings. The Kier molecular flexibility index (Phi) is 5.16. The average molecular weight is 353 g/mol. The highest BCUT2D eigenvalue weighted by atomic mass is 16.5. The van der Waals surface area contributed by atoms with Crippen molar-refractivity contribution in [3.05, 3.63) is 41.3 Å². The lowest BCUT2D eigenvalue weighted by molar-refractivity contribution is -0.145. The lowest BCUT2D eigenvalue weighted by Crippen LogP contribution is -2.28. The third-order valence-corrected chi connectivity index (χ3v) is 3.88. The van der Waals surface area contributed by atoms with Gasteiger partial charge in [0.2, 0.25) is 5.88 Å². The van der Waals surface area contributed by atoms with Crippen LogP contribution in [0.5, 0.6) is 11.6 Å². The summed E-state index contributed by atoms with van der Waals surface area (Å²) in [5, 5.41) is 19.1. The Bertz CT molecular complexity index is 883. The number of hydrogen-bond donors (Lipinski definition) is 1. The van der Waals surface area contributed by atoms with Crippen molar-refractivity contribution in [2.75, 3.05) is 6.61 Å². The number of esters is 1. The van der Waals surface area contributed by atoms with Crippen LogP contribution in [0.4, 0.5) is 0 Å². The first-order valence-electron chi connectivity index (χ1n) is 8.05. The van der Waals surface area contributed by atoms with Crippen LogP contribution < -0.4 is 10.2 Å². The second kappa shape index (κ2) is 7.51. The van der Waals surface area contributed by atoms with E-state index in [1.807, 2.05) is 13.0 Å². The number of carbonyl (C=O) groups excluding carboxylic acids is 1. The summed E-state index contributed by atoms with van der Waals surface area (Å²) in [5.41, 5.74) is 2.21. The molecule has 0 spiro atoms. The SMILES string of the molecule is CCOC(=O)CC1OB(O)c2cc(Oc3cncc(C#N)n3)cc(C)c21. The van der Waals surface area contributed by atoms with E-state index in [0.717, 1.165) is 11.1 Å². The van der Waals surface area contributed by atoms with E-state index in [4.69, 9.17) is 19.4 Å². The van der Waals surface area contributed by atoms with Crippen LogP contribution >= 0.6 is 0 Å². The summed E-state index contributed by atoms with van der Waals surface area (Å²) in [5.74, 6) is 0.200. The molecule has 3 rings (SSSR count). The van der Waals surface area contributed by atoms with Crippen molar-refractivity contribution < 1.29 is 23.9 Å². The number of aryl methyl sites for hydroxylation is 1. The summed E-state index contributed by atoms with van der Waals surface area (Å²) in [4.78, 5) is 19.6. The highest BCUT2D eigenvalue weighted by molar-refractivity contribution is 6.62. The van der Waals surface area contributed by atoms with Gasteiger partial charge in [0, 0.05) is 0 Å². The molecule has 0 bridgehead atoms. The van der Waals surface area contributed by atoms with Gasteiger partial charge in [-0.25, -0.2) is 0 Å². The molecule has 1 aliphatic rings. The average Bonchev–Trinajstić information content (AvgIpc) is 2.91. The van der Waals surface area contributed by atoms with E-state index in [2.05, 4.69) is 9.97 Å². The molecule has 132 valence electrons. The second-order valence-corrected chi connectivity index (χ2v) is 5.69. The van der Waals surface area contributed by atoms with Crippen LogP contribution in [-0.4, -0.2) is 34.7 Å². The molecule has 0 amide bonds. The maximum absolute atomic E-state index is 11.7. The van der Waals surface area contributed by atoms with Gasteiger partial charge in [0.25, 0.3) is 0 Å². The largest absolute Gasteiger partial charge is 0.492 e. The molecule has 0 aliphatic carbocycles. The first-order chi connectivity index (χ1) is 12.5. The number of rotatable bonds is 5. The number of aromatic nitrogens is 2. The Hall–Kier alpha value is -2.96. The minimum absolute atomic E-state index is 0.0225. The van der Waals surface area contributed by atoms with Crippen LogP contribution in [0.25, 0.3) is 0 Å². The molecule has 26 heavy (non-hydrogen) atoms. The molecule has 1 aromatic carbocycles. The van der Waals surface area contributed by atoms with E-state index in [1.54, 1.807) is 19.1 Å². The third-order valence-electron chi connectivity index (χ3n) is 3.88. The number of nitrogens with zero attached hydrogens (tertiary/aromatic N) is 3. The van der Waals surface area contributed by atoms with Crippen molar-refractivity contribution >= 4 is 18.6 Å². The fourth-order valence-electron chi connectivity index (χ4n) is 2.88. The van der Waals surface area contributed by atoms with Gasteiger partial charge in [-0.2, -0.15) is 10.2 Å². The fourth-order valence-corrected chi connectivity index (χ4v) is 2.88. The quantitative estimate of drug-likeness (QED) is 0.629. The van der Waals surface area contributed by atoms with Gasteiger partial charge in [0.1, 0.15) is 11.8 Å². The topological polar surface area (TPSA) is 115 Å². The standard InChI is InChI=1S/C17H16BN3O5/c1-3-24-16(22)6-14-17-10(2)4-12(5-13(17)18(23)26-14)25-15-9-20-8-11(7-19)21-15/h4-5,8-9,14,23H,3,6H2,1-2H3. The molecule has 2 aromatic rings. The van der Waals surface area contributed by atoms with E-state index in [0.29, 0.717) is 11.2 Å². The molecule has 1 unspecified atom stereocenters. The lowest BCUT2D eigenvalue weighted by Gasteiger charge is -2.14. The van der Waals surface area contributed by atoms with E-state index in [1.165, 1.54) is 12.4 Å². The summed E-state index contributed by atoms with van der Waals surface area (Å²) < 4.78 is 16.1. The van der Waals surface area contributed by atoms with Gasteiger partial charge in [-0.05, 0) is 42.6 Å². The van der Waals surface area contributed by atoms with E-state index < -0.39 is 13.2 Å². The summed E-state index contributed by atoms with van der Waals surface area (Å²) in [6, 6.07) is 5.26. The van der Waals surface area contributed by atoms with E-state index in [9.17, 15) is 9.82 Å². The Morgan fingerprint density at radius 3 is 3.00 bits per heavy atom. The maximum Gasteiger partial charge on any atom is 0.492 e. The molecule has 2 heterocycles. The van der Waals surface area contributed by atoms with Gasteiger partial charge >= 0.3 is 13.1 Å². The number of fused-ring (bicyclic) bond motifs is 1. The van der Waals surface area contributed by atoms with Gasteiger partial charge in [-0.3, -0.25) is 9.78 Å². The minimum Gasteiger partial charge on any atom is -0.466 e.